The summed E-state index contributed by atoms with van der Waals surface area (Å²) < 4.78 is 17.4. The van der Waals surface area contributed by atoms with Crippen LogP contribution in [-0.2, 0) is 17.8 Å². The summed E-state index contributed by atoms with van der Waals surface area (Å²) in [5.41, 5.74) is 4.22. The van der Waals surface area contributed by atoms with Gasteiger partial charge in [0.15, 0.2) is 11.5 Å². The molecule has 4 rings (SSSR count). The third kappa shape index (κ3) is 6.92. The van der Waals surface area contributed by atoms with Crippen molar-refractivity contribution in [3.05, 3.63) is 65.0 Å². The van der Waals surface area contributed by atoms with E-state index >= 15 is 0 Å². The van der Waals surface area contributed by atoms with Gasteiger partial charge in [-0.3, -0.25) is 9.69 Å². The molecule has 0 saturated carbocycles. The van der Waals surface area contributed by atoms with Crippen molar-refractivity contribution >= 4 is 5.91 Å². The van der Waals surface area contributed by atoms with Gasteiger partial charge in [0.1, 0.15) is 5.76 Å². The van der Waals surface area contributed by atoms with Crippen LogP contribution in [0.2, 0.25) is 0 Å². The van der Waals surface area contributed by atoms with E-state index < -0.39 is 0 Å². The Labute approximate surface area is 220 Å². The molecule has 0 bridgehead atoms. The lowest BCUT2D eigenvalue weighted by molar-refractivity contribution is -0.126. The van der Waals surface area contributed by atoms with Gasteiger partial charge in [-0.25, -0.2) is 4.98 Å². The minimum Gasteiger partial charge on any atom is -0.490 e. The summed E-state index contributed by atoms with van der Waals surface area (Å²) in [6, 6.07) is 14.1. The summed E-state index contributed by atoms with van der Waals surface area (Å²) >= 11 is 0. The van der Waals surface area contributed by atoms with Crippen molar-refractivity contribution in [2.45, 2.75) is 53.5 Å². The summed E-state index contributed by atoms with van der Waals surface area (Å²) in [5, 5.41) is 3.15. The van der Waals surface area contributed by atoms with Gasteiger partial charge in [0.25, 0.3) is 0 Å². The number of aromatic nitrogens is 1. The van der Waals surface area contributed by atoms with E-state index in [2.05, 4.69) is 23.2 Å². The van der Waals surface area contributed by atoms with E-state index in [1.807, 2.05) is 57.2 Å². The Morgan fingerprint density at radius 2 is 1.89 bits per heavy atom. The maximum absolute atomic E-state index is 13.0. The first kappa shape index (κ1) is 26.7. The number of amides is 1. The van der Waals surface area contributed by atoms with E-state index in [1.165, 1.54) is 0 Å². The number of piperidine rings is 1. The van der Waals surface area contributed by atoms with Crippen molar-refractivity contribution in [2.24, 2.45) is 5.92 Å². The summed E-state index contributed by atoms with van der Waals surface area (Å²) in [6.07, 6.45) is 2.65. The maximum atomic E-state index is 13.0. The summed E-state index contributed by atoms with van der Waals surface area (Å²) in [4.78, 5) is 20.1. The molecule has 0 radical (unpaired) electrons. The Balaban J connectivity index is 1.30. The third-order valence-corrected chi connectivity index (χ3v) is 6.84. The summed E-state index contributed by atoms with van der Waals surface area (Å²) in [7, 11) is 0. The van der Waals surface area contributed by atoms with Gasteiger partial charge in [0, 0.05) is 25.2 Å². The molecule has 198 valence electrons. The van der Waals surface area contributed by atoms with Crippen LogP contribution in [0.4, 0.5) is 0 Å². The normalized spacial score (nSPS) is 15.9. The van der Waals surface area contributed by atoms with Crippen molar-refractivity contribution in [2.75, 3.05) is 32.8 Å². The van der Waals surface area contributed by atoms with Crippen LogP contribution in [0.25, 0.3) is 11.5 Å². The number of benzene rings is 2. The smallest absolute Gasteiger partial charge is 0.226 e. The first-order valence-corrected chi connectivity index (χ1v) is 13.4. The highest BCUT2D eigenvalue weighted by Crippen LogP contribution is 2.29. The van der Waals surface area contributed by atoms with Crippen LogP contribution in [0.1, 0.15) is 49.3 Å². The van der Waals surface area contributed by atoms with Crippen molar-refractivity contribution < 1.29 is 18.7 Å². The Kier molecular flexibility index (Phi) is 9.23. The molecule has 1 saturated heterocycles. The fourth-order valence-electron chi connectivity index (χ4n) is 4.85. The number of oxazole rings is 1. The molecule has 1 aromatic heterocycles. The lowest BCUT2D eigenvalue weighted by Crippen LogP contribution is -2.43. The van der Waals surface area contributed by atoms with Crippen molar-refractivity contribution in [1.82, 2.24) is 15.2 Å². The Hall–Kier alpha value is -3.32. The first-order valence-electron chi connectivity index (χ1n) is 13.4. The van der Waals surface area contributed by atoms with Crippen LogP contribution in [0.5, 0.6) is 11.5 Å². The van der Waals surface area contributed by atoms with E-state index in [1.54, 1.807) is 0 Å². The molecule has 3 aromatic rings. The predicted octanol–water partition coefficient (Wildman–Crippen LogP) is 5.33. The van der Waals surface area contributed by atoms with Crippen LogP contribution in [0.15, 0.2) is 46.9 Å². The summed E-state index contributed by atoms with van der Waals surface area (Å²) in [6.45, 7) is 12.1. The molecule has 1 fully saturated rings. The average Bonchev–Trinajstić information content (AvgIpc) is 3.25. The molecule has 1 amide bonds. The standard InChI is InChI=1S/C30H39N3O4/c1-5-35-27-14-13-23(18-28(27)36-6-2)15-16-31-29(34)24-11-9-17-33(19-24)20-26-22(4)37-30(32-26)25-12-8-7-10-21(25)3/h7-8,10,12-14,18,24H,5-6,9,11,15-17,19-20H2,1-4H3,(H,31,34)/t24-/m1/s1. The number of hydrogen-bond acceptors (Lipinski definition) is 6. The molecule has 2 aromatic carbocycles. The number of nitrogens with one attached hydrogen (secondary N) is 1. The highest BCUT2D eigenvalue weighted by atomic mass is 16.5. The van der Waals surface area contributed by atoms with Crippen LogP contribution >= 0.6 is 0 Å². The predicted molar refractivity (Wildman–Crippen MR) is 145 cm³/mol. The van der Waals surface area contributed by atoms with E-state index in [0.717, 1.165) is 72.0 Å². The monoisotopic (exact) mass is 505 g/mol. The third-order valence-electron chi connectivity index (χ3n) is 6.84. The largest absolute Gasteiger partial charge is 0.490 e. The Morgan fingerprint density at radius 3 is 2.68 bits per heavy atom. The average molecular weight is 506 g/mol. The van der Waals surface area contributed by atoms with Gasteiger partial charge in [-0.1, -0.05) is 24.3 Å². The zero-order valence-electron chi connectivity index (χ0n) is 22.5. The second kappa shape index (κ2) is 12.8. The number of likely N-dealkylation sites (tertiary alicyclic amines) is 1. The van der Waals surface area contributed by atoms with Crippen molar-refractivity contribution in [1.29, 1.82) is 0 Å². The van der Waals surface area contributed by atoms with Crippen molar-refractivity contribution in [3.63, 3.8) is 0 Å². The van der Waals surface area contributed by atoms with E-state index in [-0.39, 0.29) is 11.8 Å². The molecule has 7 heteroatoms. The molecule has 1 aliphatic rings. The van der Waals surface area contributed by atoms with Crippen LogP contribution < -0.4 is 14.8 Å². The quantitative estimate of drug-likeness (QED) is 0.380. The highest BCUT2D eigenvalue weighted by Gasteiger charge is 2.27. The molecule has 1 atom stereocenters. The molecule has 1 N–H and O–H groups in total. The minimum absolute atomic E-state index is 0.0175. The van der Waals surface area contributed by atoms with E-state index in [9.17, 15) is 4.79 Å². The number of aryl methyl sites for hydroxylation is 2. The van der Waals surface area contributed by atoms with Gasteiger partial charge >= 0.3 is 0 Å². The Bertz CT molecular complexity index is 1190. The van der Waals surface area contributed by atoms with Gasteiger partial charge < -0.3 is 19.2 Å². The molecular formula is C30H39N3O4. The Morgan fingerprint density at radius 1 is 1.11 bits per heavy atom. The lowest BCUT2D eigenvalue weighted by Gasteiger charge is -2.31. The van der Waals surface area contributed by atoms with Gasteiger partial charge in [-0.15, -0.1) is 0 Å². The number of carbonyl (C=O) groups excluding carboxylic acids is 1. The van der Waals surface area contributed by atoms with Gasteiger partial charge in [-0.05, 0) is 82.8 Å². The van der Waals surface area contributed by atoms with E-state index in [4.69, 9.17) is 18.9 Å². The molecule has 0 unspecified atom stereocenters. The van der Waals surface area contributed by atoms with Crippen LogP contribution in [-0.4, -0.2) is 48.6 Å². The van der Waals surface area contributed by atoms with Crippen LogP contribution in [0, 0.1) is 19.8 Å². The fraction of sp³-hybridized carbons (Fsp3) is 0.467. The fourth-order valence-corrected chi connectivity index (χ4v) is 4.85. The van der Waals surface area contributed by atoms with Crippen molar-refractivity contribution in [3.8, 4) is 23.0 Å². The molecule has 1 aliphatic heterocycles. The highest BCUT2D eigenvalue weighted by molar-refractivity contribution is 5.79. The van der Waals surface area contributed by atoms with Gasteiger partial charge in [0.2, 0.25) is 11.8 Å². The number of nitrogens with zero attached hydrogens (tertiary/aromatic N) is 2. The SMILES string of the molecule is CCOc1ccc(CCNC(=O)[C@@H]2CCCN(Cc3nc(-c4ccccc4C)oc3C)C2)cc1OCC. The molecule has 0 aliphatic carbocycles. The summed E-state index contributed by atoms with van der Waals surface area (Å²) in [5.74, 6) is 3.12. The number of rotatable bonds is 11. The zero-order chi connectivity index (χ0) is 26.2. The van der Waals surface area contributed by atoms with Crippen LogP contribution in [0.3, 0.4) is 0 Å². The topological polar surface area (TPSA) is 76.8 Å². The molecule has 2 heterocycles. The number of carbonyl (C=O) groups is 1. The minimum atomic E-state index is -0.0175. The number of ether oxygens (including phenoxy) is 2. The van der Waals surface area contributed by atoms with E-state index in [0.29, 0.717) is 32.2 Å². The molecule has 0 spiro atoms. The first-order chi connectivity index (χ1) is 18.0. The molecule has 37 heavy (non-hydrogen) atoms. The molecule has 7 nitrogen and oxygen atoms in total. The number of hydrogen-bond donors (Lipinski definition) is 1. The second-order valence-corrected chi connectivity index (χ2v) is 9.60. The second-order valence-electron chi connectivity index (χ2n) is 9.60. The zero-order valence-corrected chi connectivity index (χ0v) is 22.5. The van der Waals surface area contributed by atoms with Gasteiger partial charge in [0.05, 0.1) is 24.8 Å². The maximum Gasteiger partial charge on any atom is 0.226 e. The lowest BCUT2D eigenvalue weighted by atomic mass is 9.97. The molecular weight excluding hydrogens is 466 g/mol. The van der Waals surface area contributed by atoms with Gasteiger partial charge in [-0.2, -0.15) is 0 Å².